The minimum atomic E-state index is -3.15. The molecule has 0 aliphatic carbocycles. The van der Waals surface area contributed by atoms with Crippen molar-refractivity contribution in [3.05, 3.63) is 83.4 Å². The average Bonchev–Trinajstić information content (AvgIpc) is 3.54. The maximum absolute atomic E-state index is 13.3. The number of carbonyl (C=O) groups is 1. The number of nitrogens with zero attached hydrogens (tertiary/aromatic N) is 3. The van der Waals surface area contributed by atoms with Gasteiger partial charge in [0.25, 0.3) is 5.91 Å². The number of hydrogen-bond donors (Lipinski definition) is 0. The van der Waals surface area contributed by atoms with E-state index in [0.717, 1.165) is 28.1 Å². The molecule has 0 spiro atoms. The molecule has 0 unspecified atom stereocenters. The van der Waals surface area contributed by atoms with Gasteiger partial charge >= 0.3 is 0 Å². The van der Waals surface area contributed by atoms with Crippen molar-refractivity contribution >= 4 is 50.1 Å². The van der Waals surface area contributed by atoms with Gasteiger partial charge in [-0.3, -0.25) is 9.69 Å². The summed E-state index contributed by atoms with van der Waals surface area (Å²) < 4.78 is 31.9. The highest BCUT2D eigenvalue weighted by atomic mass is 32.2. The summed E-state index contributed by atoms with van der Waals surface area (Å²) in [6.07, 6.45) is 5.78. The van der Waals surface area contributed by atoms with Gasteiger partial charge in [-0.1, -0.05) is 54.8 Å². The molecule has 2 aliphatic rings. The molecule has 37 heavy (non-hydrogen) atoms. The summed E-state index contributed by atoms with van der Waals surface area (Å²) in [5.41, 5.74) is 4.17. The van der Waals surface area contributed by atoms with Gasteiger partial charge in [0.05, 0.1) is 28.1 Å². The fourth-order valence-electron chi connectivity index (χ4n) is 4.45. The third-order valence-corrected chi connectivity index (χ3v) is 9.33. The van der Waals surface area contributed by atoms with Gasteiger partial charge < -0.3 is 4.74 Å². The van der Waals surface area contributed by atoms with Gasteiger partial charge in [0.2, 0.25) is 0 Å². The highest BCUT2D eigenvalue weighted by Gasteiger charge is 2.42. The molecule has 7 nitrogen and oxygen atoms in total. The average molecular weight is 552 g/mol. The van der Waals surface area contributed by atoms with Crippen LogP contribution in [0.4, 0.5) is 0 Å². The van der Waals surface area contributed by atoms with E-state index in [9.17, 15) is 13.2 Å². The standard InChI is InChI=1S/C27H25N3O4S3/c1-3-12-34-23-10-9-19(14-18(23)2)25-20(16-29(28-25)21-7-5-4-6-8-21)15-24-26(31)30(27(35)36-24)22-11-13-37(32,33)17-22/h3-10,14-16,22H,1,11-13,17H2,2H3/b24-15+/t22-/m1/s1. The van der Waals surface area contributed by atoms with Gasteiger partial charge in [-0.05, 0) is 55.3 Å². The molecule has 0 saturated carbocycles. The second-order valence-electron chi connectivity index (χ2n) is 8.90. The van der Waals surface area contributed by atoms with Crippen molar-refractivity contribution < 1.29 is 17.9 Å². The molecule has 3 aromatic rings. The van der Waals surface area contributed by atoms with Crippen LogP contribution in [-0.4, -0.2) is 57.5 Å². The largest absolute Gasteiger partial charge is 0.489 e. The van der Waals surface area contributed by atoms with Crippen LogP contribution in [0, 0.1) is 6.92 Å². The smallest absolute Gasteiger partial charge is 0.266 e. The van der Waals surface area contributed by atoms with Crippen molar-refractivity contribution in [3.8, 4) is 22.7 Å². The molecule has 1 atom stereocenters. The normalized spacial score (nSPS) is 20.1. The molecule has 3 heterocycles. The summed E-state index contributed by atoms with van der Waals surface area (Å²) in [7, 11) is -3.15. The lowest BCUT2D eigenvalue weighted by Gasteiger charge is -2.20. The highest BCUT2D eigenvalue weighted by molar-refractivity contribution is 8.26. The van der Waals surface area contributed by atoms with Crippen molar-refractivity contribution in [1.29, 1.82) is 0 Å². The molecule has 2 fully saturated rings. The molecule has 0 radical (unpaired) electrons. The molecule has 5 rings (SSSR count). The highest BCUT2D eigenvalue weighted by Crippen LogP contribution is 2.38. The number of ether oxygens (including phenoxy) is 1. The van der Waals surface area contributed by atoms with E-state index < -0.39 is 15.9 Å². The van der Waals surface area contributed by atoms with Crippen LogP contribution in [0.2, 0.25) is 0 Å². The van der Waals surface area contributed by atoms with E-state index in [0.29, 0.717) is 27.9 Å². The molecule has 1 amide bonds. The van der Waals surface area contributed by atoms with Crippen LogP contribution < -0.4 is 4.74 Å². The minimum Gasteiger partial charge on any atom is -0.489 e. The van der Waals surface area contributed by atoms with Crippen molar-refractivity contribution in [1.82, 2.24) is 14.7 Å². The number of thioether (sulfide) groups is 1. The third-order valence-electron chi connectivity index (χ3n) is 6.25. The number of sulfone groups is 1. The van der Waals surface area contributed by atoms with Gasteiger partial charge in [-0.2, -0.15) is 5.10 Å². The van der Waals surface area contributed by atoms with Crippen LogP contribution in [0.15, 0.2) is 72.3 Å². The Morgan fingerprint density at radius 3 is 2.70 bits per heavy atom. The zero-order chi connectivity index (χ0) is 26.2. The number of aromatic nitrogens is 2. The van der Waals surface area contributed by atoms with Gasteiger partial charge in [-0.15, -0.1) is 0 Å². The van der Waals surface area contributed by atoms with Gasteiger partial charge in [0.1, 0.15) is 22.4 Å². The summed E-state index contributed by atoms with van der Waals surface area (Å²) in [6, 6.07) is 15.2. The maximum atomic E-state index is 13.3. The Morgan fingerprint density at radius 1 is 1.24 bits per heavy atom. The van der Waals surface area contributed by atoms with E-state index in [1.807, 2.05) is 61.7 Å². The Labute approximate surface area is 225 Å². The van der Waals surface area contributed by atoms with Crippen LogP contribution in [0.25, 0.3) is 23.0 Å². The monoisotopic (exact) mass is 551 g/mol. The van der Waals surface area contributed by atoms with Crippen molar-refractivity contribution in [2.45, 2.75) is 19.4 Å². The predicted molar refractivity (Wildman–Crippen MR) is 151 cm³/mol. The molecule has 2 aromatic carbocycles. The van der Waals surface area contributed by atoms with Crippen LogP contribution >= 0.6 is 24.0 Å². The van der Waals surface area contributed by atoms with Gasteiger partial charge in [-0.25, -0.2) is 13.1 Å². The Bertz CT molecular complexity index is 1530. The number of rotatable bonds is 7. The molecular formula is C27H25N3O4S3. The van der Waals surface area contributed by atoms with Crippen LogP contribution in [-0.2, 0) is 14.6 Å². The van der Waals surface area contributed by atoms with Gasteiger partial charge in [0.15, 0.2) is 9.84 Å². The number of amides is 1. The summed E-state index contributed by atoms with van der Waals surface area (Å²) in [5.74, 6) is 0.525. The quantitative estimate of drug-likeness (QED) is 0.237. The summed E-state index contributed by atoms with van der Waals surface area (Å²) in [5, 5.41) is 4.85. The first-order valence-corrected chi connectivity index (χ1v) is 14.8. The molecule has 2 aliphatic heterocycles. The second-order valence-corrected chi connectivity index (χ2v) is 12.8. The predicted octanol–water partition coefficient (Wildman–Crippen LogP) is 4.80. The van der Waals surface area contributed by atoms with Crippen molar-refractivity contribution in [2.75, 3.05) is 18.1 Å². The minimum absolute atomic E-state index is 0.0521. The van der Waals surface area contributed by atoms with Gasteiger partial charge in [0, 0.05) is 17.3 Å². The molecule has 0 N–H and O–H groups in total. The first-order valence-electron chi connectivity index (χ1n) is 11.7. The van der Waals surface area contributed by atoms with E-state index >= 15 is 0 Å². The number of aryl methyl sites for hydroxylation is 1. The number of carbonyl (C=O) groups excluding carboxylic acids is 1. The fourth-order valence-corrected chi connectivity index (χ4v) is 7.54. The number of thiocarbonyl (C=S) groups is 1. The summed E-state index contributed by atoms with van der Waals surface area (Å²) in [6.45, 7) is 6.08. The molecule has 1 aromatic heterocycles. The molecule has 10 heteroatoms. The lowest BCUT2D eigenvalue weighted by atomic mass is 10.0. The maximum Gasteiger partial charge on any atom is 0.266 e. The number of para-hydroxylation sites is 1. The zero-order valence-corrected chi connectivity index (χ0v) is 22.6. The van der Waals surface area contributed by atoms with Crippen molar-refractivity contribution in [2.24, 2.45) is 0 Å². The Kier molecular flexibility index (Phi) is 7.06. The Balaban J connectivity index is 1.54. The van der Waals surface area contributed by atoms with Crippen LogP contribution in [0.5, 0.6) is 5.75 Å². The second kappa shape index (κ2) is 10.3. The van der Waals surface area contributed by atoms with E-state index in [4.69, 9.17) is 22.1 Å². The molecule has 2 saturated heterocycles. The zero-order valence-electron chi connectivity index (χ0n) is 20.2. The van der Waals surface area contributed by atoms with E-state index in [-0.39, 0.29) is 17.4 Å². The SMILES string of the molecule is C=CCOc1ccc(-c2nn(-c3ccccc3)cc2/C=C2/SC(=S)N([C@@H]3CCS(=O)(=O)C3)C2=O)cc1C. The molecule has 190 valence electrons. The van der Waals surface area contributed by atoms with E-state index in [1.54, 1.807) is 16.8 Å². The van der Waals surface area contributed by atoms with Crippen molar-refractivity contribution in [3.63, 3.8) is 0 Å². The first kappa shape index (κ1) is 25.4. The lowest BCUT2D eigenvalue weighted by molar-refractivity contribution is -0.123. The van der Waals surface area contributed by atoms with Crippen LogP contribution in [0.1, 0.15) is 17.5 Å². The number of benzene rings is 2. The summed E-state index contributed by atoms with van der Waals surface area (Å²) in [4.78, 5) is 15.3. The third kappa shape index (κ3) is 5.27. The van der Waals surface area contributed by atoms with E-state index in [1.165, 1.54) is 16.7 Å². The Morgan fingerprint density at radius 2 is 2.03 bits per heavy atom. The molecule has 0 bridgehead atoms. The number of hydrogen-bond acceptors (Lipinski definition) is 7. The van der Waals surface area contributed by atoms with Crippen LogP contribution in [0.3, 0.4) is 0 Å². The fraction of sp³-hybridized carbons (Fsp3) is 0.222. The lowest BCUT2D eigenvalue weighted by Crippen LogP contribution is -2.39. The first-order chi connectivity index (χ1) is 17.8. The summed E-state index contributed by atoms with van der Waals surface area (Å²) >= 11 is 6.68. The Hall–Kier alpha value is -3.21. The van der Waals surface area contributed by atoms with E-state index in [2.05, 4.69) is 6.58 Å². The topological polar surface area (TPSA) is 81.5 Å². The molecular weight excluding hydrogens is 527 g/mol.